The molecule has 1 saturated heterocycles. The van der Waals surface area contributed by atoms with E-state index in [4.69, 9.17) is 14.6 Å². The Kier molecular flexibility index (Phi) is 6.78. The molecule has 1 aliphatic rings. The molecule has 7 heteroatoms. The number of rotatable bonds is 7. The molecule has 0 radical (unpaired) electrons. The van der Waals surface area contributed by atoms with Crippen LogP contribution in [0.25, 0.3) is 0 Å². The highest BCUT2D eigenvalue weighted by Gasteiger charge is 2.26. The number of benzene rings is 1. The van der Waals surface area contributed by atoms with Crippen molar-refractivity contribution < 1.29 is 24.2 Å². The van der Waals surface area contributed by atoms with Gasteiger partial charge in [-0.1, -0.05) is 0 Å². The molecule has 0 spiro atoms. The van der Waals surface area contributed by atoms with Gasteiger partial charge in [-0.05, 0) is 31.0 Å². The number of carbonyl (C=O) groups is 2. The van der Waals surface area contributed by atoms with Crippen LogP contribution < -0.4 is 9.47 Å². The fourth-order valence-corrected chi connectivity index (χ4v) is 3.56. The van der Waals surface area contributed by atoms with E-state index in [1.807, 2.05) is 18.2 Å². The van der Waals surface area contributed by atoms with Crippen LogP contribution in [0.3, 0.4) is 0 Å². The minimum Gasteiger partial charge on any atom is -0.493 e. The largest absolute Gasteiger partial charge is 0.493 e. The number of thioether (sulfide) groups is 1. The smallest absolute Gasteiger partial charge is 0.306 e. The number of piperidine rings is 1. The van der Waals surface area contributed by atoms with E-state index in [0.717, 1.165) is 4.90 Å². The quantitative estimate of drug-likeness (QED) is 0.759. The molecule has 24 heavy (non-hydrogen) atoms. The van der Waals surface area contributed by atoms with Gasteiger partial charge in [0.2, 0.25) is 5.91 Å². The van der Waals surface area contributed by atoms with E-state index in [9.17, 15) is 9.59 Å². The fourth-order valence-electron chi connectivity index (χ4n) is 2.70. The number of carboxylic acids is 1. The first kappa shape index (κ1) is 18.4. The number of hydrogen-bond donors (Lipinski definition) is 1. The van der Waals surface area contributed by atoms with E-state index in [1.54, 1.807) is 30.9 Å². The molecule has 1 amide bonds. The van der Waals surface area contributed by atoms with Crippen molar-refractivity contribution in [2.45, 2.75) is 24.2 Å². The molecular formula is C17H23NO5S. The number of amides is 1. The number of nitrogens with zero attached hydrogens (tertiary/aromatic N) is 1. The Labute approximate surface area is 146 Å². The second-order valence-corrected chi connectivity index (χ2v) is 6.78. The van der Waals surface area contributed by atoms with Gasteiger partial charge >= 0.3 is 5.97 Å². The van der Waals surface area contributed by atoms with Gasteiger partial charge in [-0.2, -0.15) is 0 Å². The summed E-state index contributed by atoms with van der Waals surface area (Å²) in [4.78, 5) is 25.9. The monoisotopic (exact) mass is 353 g/mol. The van der Waals surface area contributed by atoms with Gasteiger partial charge < -0.3 is 19.5 Å². The fraction of sp³-hybridized carbons (Fsp3) is 0.529. The Morgan fingerprint density at radius 2 is 1.88 bits per heavy atom. The van der Waals surface area contributed by atoms with Crippen molar-refractivity contribution in [1.82, 2.24) is 4.90 Å². The Morgan fingerprint density at radius 1 is 1.21 bits per heavy atom. The van der Waals surface area contributed by atoms with E-state index in [0.29, 0.717) is 49.6 Å². The molecule has 1 fully saturated rings. The lowest BCUT2D eigenvalue weighted by Gasteiger charge is -2.30. The number of carbonyl (C=O) groups excluding carboxylic acids is 1. The van der Waals surface area contributed by atoms with Crippen molar-refractivity contribution in [3.05, 3.63) is 18.2 Å². The Hall–Kier alpha value is -1.89. The second-order valence-electron chi connectivity index (χ2n) is 5.61. The Balaban J connectivity index is 1.78. The number of likely N-dealkylation sites (tertiary alicyclic amines) is 1. The zero-order valence-electron chi connectivity index (χ0n) is 14.0. The van der Waals surface area contributed by atoms with E-state index in [1.165, 1.54) is 0 Å². The van der Waals surface area contributed by atoms with Crippen LogP contribution in [0, 0.1) is 5.92 Å². The van der Waals surface area contributed by atoms with Gasteiger partial charge in [0.1, 0.15) is 0 Å². The number of carboxylic acid groups (broad SMARTS) is 1. The van der Waals surface area contributed by atoms with Gasteiger partial charge in [-0.25, -0.2) is 0 Å². The van der Waals surface area contributed by atoms with Gasteiger partial charge in [0.25, 0.3) is 0 Å². The van der Waals surface area contributed by atoms with Crippen LogP contribution in [-0.2, 0) is 9.59 Å². The summed E-state index contributed by atoms with van der Waals surface area (Å²) < 4.78 is 10.5. The first-order valence-corrected chi connectivity index (χ1v) is 8.89. The average molecular weight is 353 g/mol. The maximum absolute atomic E-state index is 12.2. The van der Waals surface area contributed by atoms with Gasteiger partial charge in [-0.15, -0.1) is 11.8 Å². The number of aliphatic carboxylic acids is 1. The van der Waals surface area contributed by atoms with E-state index < -0.39 is 5.97 Å². The standard InChI is InChI=1S/C17H23NO5S/c1-22-14-4-3-13(11-15(14)23-2)24-10-7-16(19)18-8-5-12(6-9-18)17(20)21/h3-4,11-12H,5-10H2,1-2H3,(H,20,21). The summed E-state index contributed by atoms with van der Waals surface area (Å²) in [6.45, 7) is 1.08. The molecule has 1 aromatic carbocycles. The molecule has 1 N–H and O–H groups in total. The summed E-state index contributed by atoms with van der Waals surface area (Å²) >= 11 is 1.59. The maximum atomic E-state index is 12.2. The van der Waals surface area contributed by atoms with Crippen molar-refractivity contribution in [2.24, 2.45) is 5.92 Å². The zero-order chi connectivity index (χ0) is 17.5. The number of methoxy groups -OCH3 is 2. The van der Waals surface area contributed by atoms with Gasteiger partial charge in [0.05, 0.1) is 20.1 Å². The second kappa shape index (κ2) is 8.82. The molecule has 6 nitrogen and oxygen atoms in total. The summed E-state index contributed by atoms with van der Waals surface area (Å²) in [6, 6.07) is 5.68. The molecule has 132 valence electrons. The first-order valence-electron chi connectivity index (χ1n) is 7.90. The highest BCUT2D eigenvalue weighted by molar-refractivity contribution is 7.99. The first-order chi connectivity index (χ1) is 11.5. The SMILES string of the molecule is COc1ccc(SCCC(=O)N2CCC(C(=O)O)CC2)cc1OC. The van der Waals surface area contributed by atoms with Gasteiger partial charge in [0.15, 0.2) is 11.5 Å². The highest BCUT2D eigenvalue weighted by atomic mass is 32.2. The van der Waals surface area contributed by atoms with Crippen LogP contribution in [0.15, 0.2) is 23.1 Å². The zero-order valence-corrected chi connectivity index (χ0v) is 14.8. The molecule has 1 aliphatic heterocycles. The molecule has 1 aromatic rings. The van der Waals surface area contributed by atoms with Crippen LogP contribution in [0.2, 0.25) is 0 Å². The third kappa shape index (κ3) is 4.80. The lowest BCUT2D eigenvalue weighted by atomic mass is 9.97. The number of ether oxygens (including phenoxy) is 2. The number of hydrogen-bond acceptors (Lipinski definition) is 5. The summed E-state index contributed by atoms with van der Waals surface area (Å²) in [7, 11) is 3.19. The van der Waals surface area contributed by atoms with Crippen molar-refractivity contribution in [2.75, 3.05) is 33.1 Å². The molecule has 0 unspecified atom stereocenters. The molecule has 0 atom stereocenters. The molecule has 0 aromatic heterocycles. The minimum atomic E-state index is -0.758. The van der Waals surface area contributed by atoms with Crippen LogP contribution in [-0.4, -0.2) is 54.9 Å². The summed E-state index contributed by atoms with van der Waals surface area (Å²) in [5.74, 6) is 1.05. The van der Waals surface area contributed by atoms with Crippen molar-refractivity contribution >= 4 is 23.6 Å². The summed E-state index contributed by atoms with van der Waals surface area (Å²) in [5.41, 5.74) is 0. The van der Waals surface area contributed by atoms with Crippen LogP contribution in [0.5, 0.6) is 11.5 Å². The normalized spacial score (nSPS) is 15.2. The van der Waals surface area contributed by atoms with Crippen molar-refractivity contribution in [3.63, 3.8) is 0 Å². The summed E-state index contributed by atoms with van der Waals surface area (Å²) in [6.07, 6.45) is 1.53. The van der Waals surface area contributed by atoms with E-state index in [2.05, 4.69) is 0 Å². The molecule has 0 aliphatic carbocycles. The van der Waals surface area contributed by atoms with Crippen molar-refractivity contribution in [1.29, 1.82) is 0 Å². The van der Waals surface area contributed by atoms with E-state index in [-0.39, 0.29) is 11.8 Å². The summed E-state index contributed by atoms with van der Waals surface area (Å²) in [5, 5.41) is 8.98. The van der Waals surface area contributed by atoms with Crippen molar-refractivity contribution in [3.8, 4) is 11.5 Å². The molecule has 2 rings (SSSR count). The lowest BCUT2D eigenvalue weighted by molar-refractivity contribution is -0.145. The van der Waals surface area contributed by atoms with Crippen LogP contribution in [0.1, 0.15) is 19.3 Å². The predicted molar refractivity (Wildman–Crippen MR) is 91.8 cm³/mol. The Morgan fingerprint density at radius 3 is 2.46 bits per heavy atom. The van der Waals surface area contributed by atoms with Gasteiger partial charge in [0, 0.05) is 30.2 Å². The van der Waals surface area contributed by atoms with Crippen LogP contribution in [0.4, 0.5) is 0 Å². The highest BCUT2D eigenvalue weighted by Crippen LogP contribution is 2.32. The third-order valence-electron chi connectivity index (χ3n) is 4.14. The van der Waals surface area contributed by atoms with Crippen LogP contribution >= 0.6 is 11.8 Å². The molecule has 1 heterocycles. The average Bonchev–Trinajstić information content (AvgIpc) is 2.61. The molecule has 0 bridgehead atoms. The predicted octanol–water partition coefficient (Wildman–Crippen LogP) is 2.51. The van der Waals surface area contributed by atoms with Gasteiger partial charge in [-0.3, -0.25) is 9.59 Å². The maximum Gasteiger partial charge on any atom is 0.306 e. The third-order valence-corrected chi connectivity index (χ3v) is 5.13. The molecule has 0 saturated carbocycles. The topological polar surface area (TPSA) is 76.1 Å². The minimum absolute atomic E-state index is 0.0896. The lowest BCUT2D eigenvalue weighted by Crippen LogP contribution is -2.40. The Bertz CT molecular complexity index is 584. The molecular weight excluding hydrogens is 330 g/mol. The van der Waals surface area contributed by atoms with E-state index >= 15 is 0 Å².